The van der Waals surface area contributed by atoms with Gasteiger partial charge in [0.25, 0.3) is 0 Å². The number of rotatable bonds is 5. The van der Waals surface area contributed by atoms with Crippen molar-refractivity contribution in [2.24, 2.45) is 0 Å². The van der Waals surface area contributed by atoms with Crippen molar-refractivity contribution in [1.29, 1.82) is 0 Å². The molecule has 5 heteroatoms. The molecule has 2 aromatic rings. The Morgan fingerprint density at radius 1 is 1.25 bits per heavy atom. The van der Waals surface area contributed by atoms with Crippen LogP contribution in [-0.2, 0) is 6.54 Å². The normalized spacial score (nSPS) is 10.8. The van der Waals surface area contributed by atoms with Gasteiger partial charge in [0.15, 0.2) is 0 Å². The number of benzene rings is 1. The predicted octanol–water partition coefficient (Wildman–Crippen LogP) is 4.68. The smallest absolute Gasteiger partial charge is 0.223 e. The molecule has 0 spiro atoms. The van der Waals surface area contributed by atoms with Crippen molar-refractivity contribution in [2.45, 2.75) is 26.4 Å². The average Bonchev–Trinajstić information content (AvgIpc) is 2.41. The Hall–Kier alpha value is -1.29. The van der Waals surface area contributed by atoms with Crippen molar-refractivity contribution in [3.05, 3.63) is 52.1 Å². The summed E-state index contributed by atoms with van der Waals surface area (Å²) in [5.41, 5.74) is 0.979. The summed E-state index contributed by atoms with van der Waals surface area (Å²) in [4.78, 5) is 4.26. The minimum Gasteiger partial charge on any atom is -0.437 e. The second-order valence-corrected chi connectivity index (χ2v) is 5.52. The van der Waals surface area contributed by atoms with E-state index in [-0.39, 0.29) is 0 Å². The van der Waals surface area contributed by atoms with Crippen molar-refractivity contribution < 1.29 is 4.74 Å². The molecule has 0 saturated heterocycles. The van der Waals surface area contributed by atoms with Gasteiger partial charge in [0.2, 0.25) is 5.88 Å². The van der Waals surface area contributed by atoms with Crippen LogP contribution in [0.5, 0.6) is 11.6 Å². The molecule has 106 valence electrons. The van der Waals surface area contributed by atoms with Crippen LogP contribution in [0.3, 0.4) is 0 Å². The van der Waals surface area contributed by atoms with E-state index < -0.39 is 0 Å². The standard InChI is InChI=1S/C15H16Cl2N2O/c1-10(2)19-9-11-4-3-7-18-15(11)20-14-6-5-12(16)8-13(14)17/h3-8,10,19H,9H2,1-2H3. The van der Waals surface area contributed by atoms with E-state index in [9.17, 15) is 0 Å². The first-order chi connectivity index (χ1) is 9.56. The maximum Gasteiger partial charge on any atom is 0.223 e. The van der Waals surface area contributed by atoms with Crippen LogP contribution in [0, 0.1) is 0 Å². The van der Waals surface area contributed by atoms with E-state index in [2.05, 4.69) is 24.1 Å². The number of nitrogens with one attached hydrogen (secondary N) is 1. The van der Waals surface area contributed by atoms with Gasteiger partial charge in [0.05, 0.1) is 5.02 Å². The third kappa shape index (κ3) is 4.10. The highest BCUT2D eigenvalue weighted by atomic mass is 35.5. The van der Waals surface area contributed by atoms with Crippen LogP contribution in [0.2, 0.25) is 10.0 Å². The molecule has 20 heavy (non-hydrogen) atoms. The zero-order valence-corrected chi connectivity index (χ0v) is 12.9. The third-order valence-corrected chi connectivity index (χ3v) is 3.18. The molecule has 0 aliphatic carbocycles. The third-order valence-electron chi connectivity index (χ3n) is 2.65. The molecule has 0 aliphatic rings. The summed E-state index contributed by atoms with van der Waals surface area (Å²) in [5.74, 6) is 1.09. The second kappa shape index (κ2) is 6.93. The van der Waals surface area contributed by atoms with Crippen molar-refractivity contribution in [2.75, 3.05) is 0 Å². The first-order valence-electron chi connectivity index (χ1n) is 6.36. The van der Waals surface area contributed by atoms with E-state index in [1.54, 1.807) is 24.4 Å². The van der Waals surface area contributed by atoms with Crippen LogP contribution in [-0.4, -0.2) is 11.0 Å². The van der Waals surface area contributed by atoms with Crippen molar-refractivity contribution in [3.8, 4) is 11.6 Å². The average molecular weight is 311 g/mol. The van der Waals surface area contributed by atoms with Crippen LogP contribution < -0.4 is 10.1 Å². The lowest BCUT2D eigenvalue weighted by molar-refractivity contribution is 0.450. The molecule has 1 N–H and O–H groups in total. The van der Waals surface area contributed by atoms with Gasteiger partial charge in [-0.1, -0.05) is 43.1 Å². The molecular formula is C15H16Cl2N2O. The maximum atomic E-state index is 6.11. The summed E-state index contributed by atoms with van der Waals surface area (Å²) >= 11 is 12.0. The Bertz CT molecular complexity index is 588. The lowest BCUT2D eigenvalue weighted by Gasteiger charge is -2.13. The fourth-order valence-electron chi connectivity index (χ4n) is 1.63. The van der Waals surface area contributed by atoms with Gasteiger partial charge in [-0.2, -0.15) is 0 Å². The van der Waals surface area contributed by atoms with E-state index >= 15 is 0 Å². The van der Waals surface area contributed by atoms with Gasteiger partial charge < -0.3 is 10.1 Å². The molecule has 1 heterocycles. The molecule has 1 aromatic carbocycles. The van der Waals surface area contributed by atoms with E-state index in [1.165, 1.54) is 0 Å². The maximum absolute atomic E-state index is 6.11. The molecule has 0 amide bonds. The SMILES string of the molecule is CC(C)NCc1cccnc1Oc1ccc(Cl)cc1Cl. The van der Waals surface area contributed by atoms with Crippen LogP contribution >= 0.6 is 23.2 Å². The second-order valence-electron chi connectivity index (χ2n) is 4.68. The largest absolute Gasteiger partial charge is 0.437 e. The highest BCUT2D eigenvalue weighted by molar-refractivity contribution is 6.35. The molecular weight excluding hydrogens is 295 g/mol. The van der Waals surface area contributed by atoms with Crippen LogP contribution in [0.25, 0.3) is 0 Å². The molecule has 0 unspecified atom stereocenters. The van der Waals surface area contributed by atoms with Gasteiger partial charge >= 0.3 is 0 Å². The summed E-state index contributed by atoms with van der Waals surface area (Å²) in [5, 5.41) is 4.38. The molecule has 2 rings (SSSR count). The van der Waals surface area contributed by atoms with Gasteiger partial charge in [0, 0.05) is 29.4 Å². The summed E-state index contributed by atoms with van der Waals surface area (Å²) in [6.45, 7) is 4.87. The van der Waals surface area contributed by atoms with Gasteiger partial charge in [-0.25, -0.2) is 4.98 Å². The Balaban J connectivity index is 2.20. The van der Waals surface area contributed by atoms with Gasteiger partial charge in [-0.3, -0.25) is 0 Å². The van der Waals surface area contributed by atoms with E-state index in [4.69, 9.17) is 27.9 Å². The summed E-state index contributed by atoms with van der Waals surface area (Å²) < 4.78 is 5.79. The molecule has 0 aliphatic heterocycles. The molecule has 1 aromatic heterocycles. The molecule has 0 bridgehead atoms. The topological polar surface area (TPSA) is 34.2 Å². The first kappa shape index (κ1) is 15.1. The van der Waals surface area contributed by atoms with Gasteiger partial charge in [-0.15, -0.1) is 0 Å². The zero-order chi connectivity index (χ0) is 14.5. The van der Waals surface area contributed by atoms with E-state index in [0.29, 0.717) is 34.3 Å². The number of pyridine rings is 1. The van der Waals surface area contributed by atoms with Gasteiger partial charge in [-0.05, 0) is 24.3 Å². The molecule has 0 saturated carbocycles. The number of nitrogens with zero attached hydrogens (tertiary/aromatic N) is 1. The fourth-order valence-corrected chi connectivity index (χ4v) is 2.07. The summed E-state index contributed by atoms with van der Waals surface area (Å²) in [6, 6.07) is 9.36. The Morgan fingerprint density at radius 2 is 2.05 bits per heavy atom. The quantitative estimate of drug-likeness (QED) is 0.870. The number of hydrogen-bond acceptors (Lipinski definition) is 3. The predicted molar refractivity (Wildman–Crippen MR) is 82.7 cm³/mol. The minimum absolute atomic E-state index is 0.391. The number of aromatic nitrogens is 1. The van der Waals surface area contributed by atoms with Crippen LogP contribution in [0.4, 0.5) is 0 Å². The van der Waals surface area contributed by atoms with Gasteiger partial charge in [0.1, 0.15) is 5.75 Å². The molecule has 3 nitrogen and oxygen atoms in total. The molecule has 0 radical (unpaired) electrons. The lowest BCUT2D eigenvalue weighted by Crippen LogP contribution is -2.22. The Morgan fingerprint density at radius 3 is 2.75 bits per heavy atom. The Labute approximate surface area is 128 Å². The van der Waals surface area contributed by atoms with Crippen molar-refractivity contribution in [1.82, 2.24) is 10.3 Å². The zero-order valence-electron chi connectivity index (χ0n) is 11.4. The van der Waals surface area contributed by atoms with Crippen LogP contribution in [0.15, 0.2) is 36.5 Å². The van der Waals surface area contributed by atoms with E-state index in [1.807, 2.05) is 12.1 Å². The van der Waals surface area contributed by atoms with Crippen molar-refractivity contribution >= 4 is 23.2 Å². The molecule has 0 atom stereocenters. The minimum atomic E-state index is 0.391. The van der Waals surface area contributed by atoms with Crippen LogP contribution in [0.1, 0.15) is 19.4 Å². The first-order valence-corrected chi connectivity index (χ1v) is 7.12. The molecule has 0 fully saturated rings. The Kier molecular flexibility index (Phi) is 5.24. The lowest BCUT2D eigenvalue weighted by atomic mass is 10.2. The van der Waals surface area contributed by atoms with Crippen molar-refractivity contribution in [3.63, 3.8) is 0 Å². The fraction of sp³-hybridized carbons (Fsp3) is 0.267. The number of halogens is 2. The highest BCUT2D eigenvalue weighted by Crippen LogP contribution is 2.31. The highest BCUT2D eigenvalue weighted by Gasteiger charge is 2.09. The number of hydrogen-bond donors (Lipinski definition) is 1. The number of ether oxygens (including phenoxy) is 1. The summed E-state index contributed by atoms with van der Waals surface area (Å²) in [7, 11) is 0. The van der Waals surface area contributed by atoms with E-state index in [0.717, 1.165) is 5.56 Å². The monoisotopic (exact) mass is 310 g/mol. The summed E-state index contributed by atoms with van der Waals surface area (Å²) in [6.07, 6.45) is 1.69.